The van der Waals surface area contributed by atoms with Gasteiger partial charge in [0.1, 0.15) is 6.04 Å². The Labute approximate surface area is 121 Å². The Morgan fingerprint density at radius 3 is 2.60 bits per heavy atom. The first kappa shape index (κ1) is 15.0. The average Bonchev–Trinajstić information content (AvgIpc) is 2.45. The Bertz CT molecular complexity index is 433. The van der Waals surface area contributed by atoms with E-state index in [-0.39, 0.29) is 11.9 Å². The molecule has 0 saturated carbocycles. The van der Waals surface area contributed by atoms with Crippen molar-refractivity contribution in [3.05, 3.63) is 35.9 Å². The van der Waals surface area contributed by atoms with E-state index in [2.05, 4.69) is 47.9 Å². The van der Waals surface area contributed by atoms with Crippen LogP contribution >= 0.6 is 0 Å². The molecule has 0 spiro atoms. The van der Waals surface area contributed by atoms with Crippen LogP contribution in [0.2, 0.25) is 0 Å². The molecule has 1 aliphatic rings. The van der Waals surface area contributed by atoms with Gasteiger partial charge in [-0.1, -0.05) is 30.3 Å². The molecule has 2 N–H and O–H groups in total. The van der Waals surface area contributed by atoms with E-state index >= 15 is 0 Å². The largest absolute Gasteiger partial charge is 0.368 e. The molecule has 4 nitrogen and oxygen atoms in total. The predicted molar refractivity (Wildman–Crippen MR) is 81.4 cm³/mol. The normalized spacial score (nSPS) is 21.2. The van der Waals surface area contributed by atoms with Crippen LogP contribution in [0.15, 0.2) is 30.3 Å². The maximum atomic E-state index is 11.6. The van der Waals surface area contributed by atoms with Crippen LogP contribution in [0.25, 0.3) is 0 Å². The quantitative estimate of drug-likeness (QED) is 0.876. The van der Waals surface area contributed by atoms with Crippen molar-refractivity contribution in [2.45, 2.75) is 32.4 Å². The van der Waals surface area contributed by atoms with Gasteiger partial charge in [0, 0.05) is 32.2 Å². The van der Waals surface area contributed by atoms with Crippen LogP contribution in [0.3, 0.4) is 0 Å². The minimum Gasteiger partial charge on any atom is -0.368 e. The molecule has 1 aromatic carbocycles. The minimum atomic E-state index is -0.205. The first-order chi connectivity index (χ1) is 9.58. The van der Waals surface area contributed by atoms with Crippen molar-refractivity contribution in [2.24, 2.45) is 5.73 Å². The van der Waals surface area contributed by atoms with Crippen molar-refractivity contribution < 1.29 is 4.79 Å². The number of primary amides is 1. The van der Waals surface area contributed by atoms with Gasteiger partial charge in [0.25, 0.3) is 0 Å². The molecule has 4 heteroatoms. The molecule has 1 amide bonds. The van der Waals surface area contributed by atoms with E-state index in [1.165, 1.54) is 5.56 Å². The number of hydrogen-bond acceptors (Lipinski definition) is 3. The zero-order valence-corrected chi connectivity index (χ0v) is 12.5. The Morgan fingerprint density at radius 2 is 2.00 bits per heavy atom. The highest BCUT2D eigenvalue weighted by Crippen LogP contribution is 2.14. The van der Waals surface area contributed by atoms with Gasteiger partial charge in [0.05, 0.1) is 0 Å². The summed E-state index contributed by atoms with van der Waals surface area (Å²) in [6, 6.07) is 10.7. The van der Waals surface area contributed by atoms with Crippen LogP contribution in [0.1, 0.15) is 19.4 Å². The molecule has 0 aromatic heterocycles. The first-order valence-electron chi connectivity index (χ1n) is 7.39. The van der Waals surface area contributed by atoms with E-state index in [1.807, 2.05) is 6.07 Å². The van der Waals surface area contributed by atoms with Gasteiger partial charge in [0.2, 0.25) is 5.91 Å². The number of carbonyl (C=O) groups excluding carboxylic acids is 1. The summed E-state index contributed by atoms with van der Waals surface area (Å²) in [5.41, 5.74) is 6.90. The summed E-state index contributed by atoms with van der Waals surface area (Å²) in [4.78, 5) is 16.2. The molecule has 1 aromatic rings. The summed E-state index contributed by atoms with van der Waals surface area (Å²) < 4.78 is 0. The molecule has 2 rings (SSSR count). The molecular weight excluding hydrogens is 250 g/mol. The number of nitrogens with zero attached hydrogens (tertiary/aromatic N) is 2. The summed E-state index contributed by atoms with van der Waals surface area (Å²) in [7, 11) is 0. The fraction of sp³-hybridized carbons (Fsp3) is 0.562. The molecule has 1 saturated heterocycles. The molecule has 1 heterocycles. The van der Waals surface area contributed by atoms with E-state index in [9.17, 15) is 4.79 Å². The lowest BCUT2D eigenvalue weighted by atomic mass is 10.1. The lowest BCUT2D eigenvalue weighted by Gasteiger charge is -2.42. The van der Waals surface area contributed by atoms with E-state index in [0.29, 0.717) is 6.04 Å². The lowest BCUT2D eigenvalue weighted by Crippen LogP contribution is -2.60. The van der Waals surface area contributed by atoms with E-state index in [0.717, 1.165) is 32.6 Å². The van der Waals surface area contributed by atoms with Gasteiger partial charge in [-0.15, -0.1) is 0 Å². The predicted octanol–water partition coefficient (Wildman–Crippen LogP) is 1.11. The molecule has 0 bridgehead atoms. The number of carbonyl (C=O) groups is 1. The number of amides is 1. The maximum Gasteiger partial charge on any atom is 0.236 e. The van der Waals surface area contributed by atoms with Gasteiger partial charge < -0.3 is 5.73 Å². The Morgan fingerprint density at radius 1 is 1.30 bits per heavy atom. The number of nitrogens with two attached hydrogens (primary N) is 1. The van der Waals surface area contributed by atoms with Crippen LogP contribution in [-0.2, 0) is 11.2 Å². The van der Waals surface area contributed by atoms with Crippen molar-refractivity contribution in [2.75, 3.05) is 26.2 Å². The van der Waals surface area contributed by atoms with E-state index in [1.54, 1.807) is 0 Å². The number of rotatable bonds is 5. The standard InChI is InChI=1S/C16H25N3O/c1-13(2)19-11-10-18(12-15(19)16(17)20)9-8-14-6-4-3-5-7-14/h3-7,13,15H,8-12H2,1-2H3,(H2,17,20)/t15-/m0/s1. The fourth-order valence-corrected chi connectivity index (χ4v) is 2.86. The van der Waals surface area contributed by atoms with Crippen molar-refractivity contribution in [3.63, 3.8) is 0 Å². The van der Waals surface area contributed by atoms with Crippen molar-refractivity contribution in [3.8, 4) is 0 Å². The fourth-order valence-electron chi connectivity index (χ4n) is 2.86. The summed E-state index contributed by atoms with van der Waals surface area (Å²) in [6.07, 6.45) is 1.02. The SMILES string of the molecule is CC(C)N1CCN(CCc2ccccc2)C[C@H]1C(N)=O. The maximum absolute atomic E-state index is 11.6. The number of piperazine rings is 1. The summed E-state index contributed by atoms with van der Waals surface area (Å²) in [5.74, 6) is -0.205. The van der Waals surface area contributed by atoms with E-state index < -0.39 is 0 Å². The molecule has 1 aliphatic heterocycles. The Balaban J connectivity index is 1.90. The van der Waals surface area contributed by atoms with E-state index in [4.69, 9.17) is 5.73 Å². The second kappa shape index (κ2) is 6.86. The van der Waals surface area contributed by atoms with Gasteiger partial charge in [-0.3, -0.25) is 14.6 Å². The minimum absolute atomic E-state index is 0.153. The highest BCUT2D eigenvalue weighted by atomic mass is 16.1. The second-order valence-electron chi connectivity index (χ2n) is 5.79. The third kappa shape index (κ3) is 3.81. The zero-order valence-electron chi connectivity index (χ0n) is 12.5. The number of benzene rings is 1. The smallest absolute Gasteiger partial charge is 0.236 e. The summed E-state index contributed by atoms with van der Waals surface area (Å²) in [6.45, 7) is 7.90. The number of hydrogen-bond donors (Lipinski definition) is 1. The third-order valence-corrected chi connectivity index (χ3v) is 4.06. The molecule has 0 unspecified atom stereocenters. The van der Waals surface area contributed by atoms with Gasteiger partial charge in [-0.2, -0.15) is 0 Å². The monoisotopic (exact) mass is 275 g/mol. The molecule has 1 fully saturated rings. The van der Waals surface area contributed by atoms with Crippen molar-refractivity contribution >= 4 is 5.91 Å². The van der Waals surface area contributed by atoms with Crippen LogP contribution in [0.5, 0.6) is 0 Å². The highest BCUT2D eigenvalue weighted by molar-refractivity contribution is 5.80. The van der Waals surface area contributed by atoms with Crippen LogP contribution < -0.4 is 5.73 Å². The average molecular weight is 275 g/mol. The van der Waals surface area contributed by atoms with Crippen molar-refractivity contribution in [1.29, 1.82) is 0 Å². The molecule has 1 atom stereocenters. The first-order valence-corrected chi connectivity index (χ1v) is 7.39. The zero-order chi connectivity index (χ0) is 14.5. The van der Waals surface area contributed by atoms with Crippen molar-refractivity contribution in [1.82, 2.24) is 9.80 Å². The lowest BCUT2D eigenvalue weighted by molar-refractivity contribution is -0.126. The molecule has 0 aliphatic carbocycles. The van der Waals surface area contributed by atoms with Gasteiger partial charge in [-0.25, -0.2) is 0 Å². The highest BCUT2D eigenvalue weighted by Gasteiger charge is 2.31. The summed E-state index contributed by atoms with van der Waals surface area (Å²) in [5, 5.41) is 0. The molecule has 110 valence electrons. The third-order valence-electron chi connectivity index (χ3n) is 4.06. The van der Waals surface area contributed by atoms with Gasteiger partial charge in [0.15, 0.2) is 0 Å². The topological polar surface area (TPSA) is 49.6 Å². The summed E-state index contributed by atoms with van der Waals surface area (Å²) >= 11 is 0. The second-order valence-corrected chi connectivity index (χ2v) is 5.79. The molecule has 0 radical (unpaired) electrons. The Kier molecular flexibility index (Phi) is 5.15. The van der Waals surface area contributed by atoms with Crippen LogP contribution in [-0.4, -0.2) is 54.0 Å². The van der Waals surface area contributed by atoms with Gasteiger partial charge in [-0.05, 0) is 25.8 Å². The molecule has 20 heavy (non-hydrogen) atoms. The van der Waals surface area contributed by atoms with Crippen LogP contribution in [0.4, 0.5) is 0 Å². The van der Waals surface area contributed by atoms with Gasteiger partial charge >= 0.3 is 0 Å². The molecular formula is C16H25N3O. The Hall–Kier alpha value is -1.39. The van der Waals surface area contributed by atoms with Crippen LogP contribution in [0, 0.1) is 0 Å².